The summed E-state index contributed by atoms with van der Waals surface area (Å²) in [5.41, 5.74) is 4.18. The predicted molar refractivity (Wildman–Crippen MR) is 125 cm³/mol. The number of halogens is 2. The highest BCUT2D eigenvalue weighted by Gasteiger charge is 2.14. The van der Waals surface area contributed by atoms with Gasteiger partial charge in [-0.05, 0) is 29.3 Å². The molecule has 4 rings (SSSR count). The summed E-state index contributed by atoms with van der Waals surface area (Å²) < 4.78 is 14.8. The lowest BCUT2D eigenvalue weighted by atomic mass is 10.1. The summed E-state index contributed by atoms with van der Waals surface area (Å²) in [4.78, 5) is 30.9. The van der Waals surface area contributed by atoms with Crippen LogP contribution in [-0.2, 0) is 24.3 Å². The van der Waals surface area contributed by atoms with Gasteiger partial charge in [-0.15, -0.1) is 0 Å². The lowest BCUT2D eigenvalue weighted by molar-refractivity contribution is -0.119. The van der Waals surface area contributed by atoms with Gasteiger partial charge >= 0.3 is 0 Å². The number of amides is 2. The van der Waals surface area contributed by atoms with Crippen molar-refractivity contribution in [1.29, 1.82) is 0 Å². The van der Waals surface area contributed by atoms with Crippen molar-refractivity contribution in [3.8, 4) is 0 Å². The summed E-state index contributed by atoms with van der Waals surface area (Å²) >= 11 is 6.05. The van der Waals surface area contributed by atoms with Crippen LogP contribution in [0, 0.1) is 5.82 Å². The molecular formula is C25H22ClFN4O2. The van der Waals surface area contributed by atoms with Crippen LogP contribution in [0.3, 0.4) is 0 Å². The third-order valence-electron chi connectivity index (χ3n) is 5.28. The second-order valence-electron chi connectivity index (χ2n) is 7.72. The Bertz CT molecular complexity index is 1320. The van der Waals surface area contributed by atoms with E-state index in [1.165, 1.54) is 13.1 Å². The summed E-state index contributed by atoms with van der Waals surface area (Å²) in [5.74, 6) is -0.838. The molecule has 0 fully saturated rings. The van der Waals surface area contributed by atoms with Gasteiger partial charge in [0.25, 0.3) is 5.91 Å². The molecule has 0 spiro atoms. The molecule has 2 aromatic heterocycles. The maximum Gasteiger partial charge on any atom is 0.251 e. The predicted octanol–water partition coefficient (Wildman–Crippen LogP) is 4.51. The van der Waals surface area contributed by atoms with Crippen molar-refractivity contribution in [3.63, 3.8) is 0 Å². The minimum Gasteiger partial charge on any atom is -0.360 e. The average molecular weight is 465 g/mol. The molecule has 2 heterocycles. The lowest BCUT2D eigenvalue weighted by Gasteiger charge is -2.09. The molecule has 4 aromatic rings. The van der Waals surface area contributed by atoms with E-state index in [0.717, 1.165) is 16.8 Å². The molecule has 6 nitrogen and oxygen atoms in total. The van der Waals surface area contributed by atoms with E-state index in [0.29, 0.717) is 40.0 Å². The normalized spacial score (nSPS) is 10.9. The molecule has 0 radical (unpaired) electrons. The van der Waals surface area contributed by atoms with Crippen LogP contribution in [0.25, 0.3) is 10.9 Å². The fourth-order valence-electron chi connectivity index (χ4n) is 3.53. The molecule has 0 bridgehead atoms. The van der Waals surface area contributed by atoms with Gasteiger partial charge in [0.15, 0.2) is 0 Å². The van der Waals surface area contributed by atoms with Crippen LogP contribution in [0.2, 0.25) is 5.02 Å². The topological polar surface area (TPSA) is 86.9 Å². The number of rotatable bonds is 7. The first kappa shape index (κ1) is 22.5. The molecule has 33 heavy (non-hydrogen) atoms. The van der Waals surface area contributed by atoms with Gasteiger partial charge in [-0.3, -0.25) is 14.6 Å². The zero-order valence-corrected chi connectivity index (χ0v) is 18.7. The van der Waals surface area contributed by atoms with Crippen LogP contribution in [0.15, 0.2) is 60.9 Å². The highest BCUT2D eigenvalue weighted by atomic mass is 35.5. The van der Waals surface area contributed by atoms with Crippen LogP contribution >= 0.6 is 11.6 Å². The van der Waals surface area contributed by atoms with E-state index in [4.69, 9.17) is 11.6 Å². The summed E-state index contributed by atoms with van der Waals surface area (Å²) in [7, 11) is 0. The number of benzene rings is 2. The van der Waals surface area contributed by atoms with Crippen LogP contribution in [0.1, 0.15) is 39.7 Å². The number of nitrogens with one attached hydrogen (secondary N) is 3. The molecule has 0 saturated heterocycles. The third kappa shape index (κ3) is 5.38. The van der Waals surface area contributed by atoms with Crippen molar-refractivity contribution in [2.45, 2.75) is 26.4 Å². The monoisotopic (exact) mass is 464 g/mol. The van der Waals surface area contributed by atoms with E-state index in [2.05, 4.69) is 20.6 Å². The molecule has 168 valence electrons. The van der Waals surface area contributed by atoms with Crippen molar-refractivity contribution in [3.05, 3.63) is 99.7 Å². The SMILES string of the molecule is CC(=O)NCc1ccc(Cc2cc(C(=O)NCc3ccc4[nH]cc(Cl)c4c3F)ccn2)cc1. The first-order valence-corrected chi connectivity index (χ1v) is 10.8. The second-order valence-corrected chi connectivity index (χ2v) is 8.13. The average Bonchev–Trinajstić information content (AvgIpc) is 3.19. The lowest BCUT2D eigenvalue weighted by Crippen LogP contribution is -2.23. The highest BCUT2D eigenvalue weighted by Crippen LogP contribution is 2.27. The van der Waals surface area contributed by atoms with Crippen LogP contribution < -0.4 is 10.6 Å². The highest BCUT2D eigenvalue weighted by molar-refractivity contribution is 6.35. The van der Waals surface area contributed by atoms with E-state index in [-0.39, 0.29) is 18.4 Å². The number of nitrogens with zero attached hydrogens (tertiary/aromatic N) is 1. The maximum absolute atomic E-state index is 14.8. The summed E-state index contributed by atoms with van der Waals surface area (Å²) in [5, 5.41) is 6.14. The standard InChI is InChI=1S/C25H22ClFN4O2/c1-15(32)29-12-17-4-2-16(3-5-17)10-20-11-18(8-9-28-20)25(33)31-13-19-6-7-22-23(24(19)27)21(26)14-30-22/h2-9,11,14,30H,10,12-13H2,1H3,(H,29,32)(H,31,33). The number of fused-ring (bicyclic) bond motifs is 1. The van der Waals surface area contributed by atoms with Gasteiger partial charge in [0, 0.05) is 61.2 Å². The fourth-order valence-corrected chi connectivity index (χ4v) is 3.77. The van der Waals surface area contributed by atoms with Gasteiger partial charge in [-0.2, -0.15) is 0 Å². The number of hydrogen-bond acceptors (Lipinski definition) is 3. The number of H-pyrrole nitrogens is 1. The minimum atomic E-state index is -0.448. The summed E-state index contributed by atoms with van der Waals surface area (Å²) in [6.45, 7) is 2.00. The van der Waals surface area contributed by atoms with Gasteiger partial charge in [0.1, 0.15) is 5.82 Å². The molecule has 0 aliphatic rings. The number of pyridine rings is 1. The molecule has 3 N–H and O–H groups in total. The molecule has 0 aliphatic carbocycles. The second kappa shape index (κ2) is 9.83. The number of aromatic nitrogens is 2. The van der Waals surface area contributed by atoms with Crippen molar-refractivity contribution in [2.24, 2.45) is 0 Å². The maximum atomic E-state index is 14.8. The Hall–Kier alpha value is -3.71. The zero-order chi connectivity index (χ0) is 23.4. The quantitative estimate of drug-likeness (QED) is 0.376. The van der Waals surface area contributed by atoms with E-state index in [1.807, 2.05) is 24.3 Å². The van der Waals surface area contributed by atoms with Gasteiger partial charge in [0.05, 0.1) is 10.4 Å². The molecule has 0 aliphatic heterocycles. The summed E-state index contributed by atoms with van der Waals surface area (Å²) in [6, 6.07) is 14.5. The molecule has 0 unspecified atom stereocenters. The number of aromatic amines is 1. The Labute approximate surface area is 195 Å². The van der Waals surface area contributed by atoms with Crippen LogP contribution in [-0.4, -0.2) is 21.8 Å². The van der Waals surface area contributed by atoms with E-state index < -0.39 is 5.82 Å². The van der Waals surface area contributed by atoms with E-state index in [9.17, 15) is 14.0 Å². The van der Waals surface area contributed by atoms with Crippen molar-refractivity contribution >= 4 is 34.3 Å². The van der Waals surface area contributed by atoms with Crippen molar-refractivity contribution < 1.29 is 14.0 Å². The Kier molecular flexibility index (Phi) is 6.70. The fraction of sp³-hybridized carbons (Fsp3) is 0.160. The first-order chi connectivity index (χ1) is 15.9. The van der Waals surface area contributed by atoms with Crippen molar-refractivity contribution in [1.82, 2.24) is 20.6 Å². The zero-order valence-electron chi connectivity index (χ0n) is 17.9. The largest absolute Gasteiger partial charge is 0.360 e. The molecule has 2 aromatic carbocycles. The number of carbonyl (C=O) groups is 2. The van der Waals surface area contributed by atoms with Crippen LogP contribution in [0.5, 0.6) is 0 Å². The Morgan fingerprint density at radius 3 is 2.55 bits per heavy atom. The van der Waals surface area contributed by atoms with Crippen molar-refractivity contribution in [2.75, 3.05) is 0 Å². The van der Waals surface area contributed by atoms with Gasteiger partial charge < -0.3 is 15.6 Å². The van der Waals surface area contributed by atoms with Gasteiger partial charge in [-0.25, -0.2) is 4.39 Å². The Morgan fingerprint density at radius 1 is 1.03 bits per heavy atom. The molecule has 8 heteroatoms. The molecule has 0 saturated carbocycles. The third-order valence-corrected chi connectivity index (χ3v) is 5.58. The van der Waals surface area contributed by atoms with Gasteiger partial charge in [0.2, 0.25) is 5.91 Å². The van der Waals surface area contributed by atoms with E-state index >= 15 is 0 Å². The van der Waals surface area contributed by atoms with E-state index in [1.54, 1.807) is 30.5 Å². The molecule has 0 atom stereocenters. The summed E-state index contributed by atoms with van der Waals surface area (Å²) in [6.07, 6.45) is 3.67. The molecular weight excluding hydrogens is 443 g/mol. The molecule has 2 amide bonds. The van der Waals surface area contributed by atoms with Gasteiger partial charge in [-0.1, -0.05) is 41.9 Å². The Morgan fingerprint density at radius 2 is 1.79 bits per heavy atom. The first-order valence-electron chi connectivity index (χ1n) is 10.4. The smallest absolute Gasteiger partial charge is 0.251 e. The number of hydrogen-bond donors (Lipinski definition) is 3. The Balaban J connectivity index is 1.40. The minimum absolute atomic E-state index is 0.0372. The number of carbonyl (C=O) groups excluding carboxylic acids is 2. The van der Waals surface area contributed by atoms with Crippen LogP contribution in [0.4, 0.5) is 4.39 Å².